The first-order chi connectivity index (χ1) is 14.0. The Morgan fingerprint density at radius 3 is 2.79 bits per heavy atom. The largest absolute Gasteiger partial charge is 0.329 e. The number of hydrogen-bond donors (Lipinski definition) is 1. The standard InChI is InChI=1S/C20H16ClFN4O2S/c21-12-5-3-6-13(11-12)23-17(27)19-25-24-18(29-19)16-9-4-10-26(16)20(28)14-7-1-2-8-15(14)22/h1-3,5-8,11,16H,4,9-10H2,(H,23,27). The Balaban J connectivity index is 1.51. The smallest absolute Gasteiger partial charge is 0.286 e. The van der Waals surface area contributed by atoms with Gasteiger partial charge in [0.2, 0.25) is 5.01 Å². The summed E-state index contributed by atoms with van der Waals surface area (Å²) in [5, 5.41) is 12.1. The minimum Gasteiger partial charge on any atom is -0.329 e. The van der Waals surface area contributed by atoms with Crippen LogP contribution in [0.25, 0.3) is 0 Å². The van der Waals surface area contributed by atoms with Gasteiger partial charge in [-0.1, -0.05) is 41.1 Å². The minimum absolute atomic E-state index is 0.0304. The lowest BCUT2D eigenvalue weighted by atomic mass is 10.1. The van der Waals surface area contributed by atoms with Crippen molar-refractivity contribution in [3.8, 4) is 0 Å². The van der Waals surface area contributed by atoms with Crippen LogP contribution in [0.2, 0.25) is 5.02 Å². The second kappa shape index (κ2) is 8.26. The van der Waals surface area contributed by atoms with E-state index in [1.165, 1.54) is 12.1 Å². The zero-order chi connectivity index (χ0) is 20.4. The number of nitrogens with one attached hydrogen (secondary N) is 1. The first-order valence-electron chi connectivity index (χ1n) is 8.99. The molecule has 2 aromatic carbocycles. The fourth-order valence-electron chi connectivity index (χ4n) is 3.27. The summed E-state index contributed by atoms with van der Waals surface area (Å²) in [7, 11) is 0. The van der Waals surface area contributed by atoms with Crippen molar-refractivity contribution in [2.24, 2.45) is 0 Å². The van der Waals surface area contributed by atoms with Gasteiger partial charge in [-0.3, -0.25) is 9.59 Å². The topological polar surface area (TPSA) is 75.2 Å². The molecule has 3 aromatic rings. The summed E-state index contributed by atoms with van der Waals surface area (Å²) in [5.41, 5.74) is 0.583. The van der Waals surface area contributed by atoms with Gasteiger partial charge in [0.25, 0.3) is 11.8 Å². The highest BCUT2D eigenvalue weighted by Crippen LogP contribution is 2.35. The van der Waals surface area contributed by atoms with Crippen LogP contribution in [0.15, 0.2) is 48.5 Å². The molecule has 1 fully saturated rings. The predicted molar refractivity (Wildman–Crippen MR) is 109 cm³/mol. The molecule has 0 radical (unpaired) electrons. The van der Waals surface area contributed by atoms with Crippen molar-refractivity contribution in [3.63, 3.8) is 0 Å². The molecule has 1 unspecified atom stereocenters. The molecule has 1 N–H and O–H groups in total. The van der Waals surface area contributed by atoms with Crippen molar-refractivity contribution in [1.82, 2.24) is 15.1 Å². The zero-order valence-electron chi connectivity index (χ0n) is 15.1. The lowest BCUT2D eigenvalue weighted by Gasteiger charge is -2.23. The number of carbonyl (C=O) groups is 2. The minimum atomic E-state index is -0.554. The van der Waals surface area contributed by atoms with E-state index < -0.39 is 11.7 Å². The summed E-state index contributed by atoms with van der Waals surface area (Å²) in [5.74, 6) is -1.34. The van der Waals surface area contributed by atoms with Gasteiger partial charge in [-0.25, -0.2) is 4.39 Å². The van der Waals surface area contributed by atoms with Crippen LogP contribution in [0.3, 0.4) is 0 Å². The summed E-state index contributed by atoms with van der Waals surface area (Å²) >= 11 is 7.06. The van der Waals surface area contributed by atoms with Gasteiger partial charge in [0.1, 0.15) is 10.8 Å². The van der Waals surface area contributed by atoms with Crippen LogP contribution in [0.4, 0.5) is 10.1 Å². The van der Waals surface area contributed by atoms with E-state index in [4.69, 9.17) is 11.6 Å². The molecule has 2 heterocycles. The quantitative estimate of drug-likeness (QED) is 0.658. The summed E-state index contributed by atoms with van der Waals surface area (Å²) < 4.78 is 14.0. The van der Waals surface area contributed by atoms with E-state index in [1.807, 2.05) is 0 Å². The number of likely N-dealkylation sites (tertiary alicyclic amines) is 1. The summed E-state index contributed by atoms with van der Waals surface area (Å²) in [6, 6.07) is 12.4. The number of rotatable bonds is 4. The molecular weight excluding hydrogens is 415 g/mol. The van der Waals surface area contributed by atoms with Gasteiger partial charge in [0, 0.05) is 17.3 Å². The van der Waals surface area contributed by atoms with E-state index in [-0.39, 0.29) is 22.5 Å². The maximum atomic E-state index is 14.0. The van der Waals surface area contributed by atoms with Crippen molar-refractivity contribution in [3.05, 3.63) is 74.9 Å². The Bertz CT molecular complexity index is 1070. The first-order valence-corrected chi connectivity index (χ1v) is 10.2. The van der Waals surface area contributed by atoms with Crippen LogP contribution in [0.5, 0.6) is 0 Å². The fourth-order valence-corrected chi connectivity index (χ4v) is 4.34. The van der Waals surface area contributed by atoms with E-state index in [1.54, 1.807) is 41.3 Å². The Labute approximate surface area is 175 Å². The van der Waals surface area contributed by atoms with Crippen LogP contribution in [-0.2, 0) is 0 Å². The maximum absolute atomic E-state index is 14.0. The normalized spacial score (nSPS) is 16.1. The third-order valence-corrected chi connectivity index (χ3v) is 5.88. The van der Waals surface area contributed by atoms with Crippen LogP contribution >= 0.6 is 22.9 Å². The lowest BCUT2D eigenvalue weighted by molar-refractivity contribution is 0.0730. The molecule has 29 heavy (non-hydrogen) atoms. The van der Waals surface area contributed by atoms with Crippen molar-refractivity contribution in [2.45, 2.75) is 18.9 Å². The molecule has 1 aliphatic rings. The van der Waals surface area contributed by atoms with Gasteiger partial charge in [0.15, 0.2) is 0 Å². The molecule has 0 saturated carbocycles. The molecule has 1 atom stereocenters. The molecular formula is C20H16ClFN4O2S. The van der Waals surface area contributed by atoms with E-state index in [9.17, 15) is 14.0 Å². The molecule has 4 rings (SSSR count). The van der Waals surface area contributed by atoms with Crippen LogP contribution in [0, 0.1) is 5.82 Å². The highest BCUT2D eigenvalue weighted by Gasteiger charge is 2.34. The first kappa shape index (κ1) is 19.5. The van der Waals surface area contributed by atoms with Gasteiger partial charge < -0.3 is 10.2 Å². The molecule has 9 heteroatoms. The zero-order valence-corrected chi connectivity index (χ0v) is 16.7. The molecule has 1 aliphatic heterocycles. The summed E-state index contributed by atoms with van der Waals surface area (Å²) in [6.45, 7) is 0.501. The highest BCUT2D eigenvalue weighted by atomic mass is 35.5. The van der Waals surface area contributed by atoms with Gasteiger partial charge in [0.05, 0.1) is 11.6 Å². The number of amides is 2. The number of halogens is 2. The van der Waals surface area contributed by atoms with Gasteiger partial charge in [-0.05, 0) is 43.2 Å². The van der Waals surface area contributed by atoms with Crippen LogP contribution in [-0.4, -0.2) is 33.5 Å². The van der Waals surface area contributed by atoms with Crippen molar-refractivity contribution < 1.29 is 14.0 Å². The Morgan fingerprint density at radius 2 is 2.00 bits per heavy atom. The number of hydrogen-bond acceptors (Lipinski definition) is 5. The van der Waals surface area contributed by atoms with Gasteiger partial charge in [-0.2, -0.15) is 0 Å². The molecule has 1 saturated heterocycles. The third-order valence-electron chi connectivity index (χ3n) is 4.62. The van der Waals surface area contributed by atoms with Crippen LogP contribution in [0.1, 0.15) is 44.1 Å². The molecule has 2 amide bonds. The average molecular weight is 431 g/mol. The number of aromatic nitrogens is 2. The van der Waals surface area contributed by atoms with E-state index in [2.05, 4.69) is 15.5 Å². The highest BCUT2D eigenvalue weighted by molar-refractivity contribution is 7.13. The SMILES string of the molecule is O=C(Nc1cccc(Cl)c1)c1nnc(C2CCCN2C(=O)c2ccccc2F)s1. The number of carbonyl (C=O) groups excluding carboxylic acids is 2. The number of benzene rings is 2. The van der Waals surface area contributed by atoms with E-state index in [0.29, 0.717) is 28.7 Å². The average Bonchev–Trinajstić information content (AvgIpc) is 3.37. The van der Waals surface area contributed by atoms with Gasteiger partial charge in [-0.15, -0.1) is 10.2 Å². The van der Waals surface area contributed by atoms with Crippen molar-refractivity contribution in [1.29, 1.82) is 0 Å². The van der Waals surface area contributed by atoms with Crippen molar-refractivity contribution in [2.75, 3.05) is 11.9 Å². The molecule has 0 spiro atoms. The van der Waals surface area contributed by atoms with E-state index in [0.717, 1.165) is 17.8 Å². The number of anilines is 1. The predicted octanol–water partition coefficient (Wildman–Crippen LogP) is 4.56. The summed E-state index contributed by atoms with van der Waals surface area (Å²) in [4.78, 5) is 26.9. The molecule has 0 bridgehead atoms. The van der Waals surface area contributed by atoms with E-state index >= 15 is 0 Å². The van der Waals surface area contributed by atoms with Crippen molar-refractivity contribution >= 4 is 40.4 Å². The fraction of sp³-hybridized carbons (Fsp3) is 0.200. The second-order valence-corrected chi connectivity index (χ2v) is 7.99. The van der Waals surface area contributed by atoms with Gasteiger partial charge >= 0.3 is 0 Å². The molecule has 1 aromatic heterocycles. The third kappa shape index (κ3) is 4.13. The lowest BCUT2D eigenvalue weighted by Crippen LogP contribution is -2.31. The van der Waals surface area contributed by atoms with Crippen LogP contribution < -0.4 is 5.32 Å². The molecule has 6 nitrogen and oxygen atoms in total. The number of nitrogens with zero attached hydrogens (tertiary/aromatic N) is 3. The molecule has 0 aliphatic carbocycles. The Hall–Kier alpha value is -2.84. The Morgan fingerprint density at radius 1 is 1.17 bits per heavy atom. The second-order valence-electron chi connectivity index (χ2n) is 6.55. The summed E-state index contributed by atoms with van der Waals surface area (Å²) in [6.07, 6.45) is 1.46. The Kier molecular flexibility index (Phi) is 5.55. The molecule has 148 valence electrons. The maximum Gasteiger partial charge on any atom is 0.286 e. The monoisotopic (exact) mass is 430 g/mol.